The first-order valence-electron chi connectivity index (χ1n) is 18.3. The van der Waals surface area contributed by atoms with Gasteiger partial charge < -0.3 is 23.5 Å². The van der Waals surface area contributed by atoms with Gasteiger partial charge in [0.2, 0.25) is 10.0 Å². The Morgan fingerprint density at radius 1 is 1.04 bits per heavy atom. The van der Waals surface area contributed by atoms with Crippen LogP contribution in [0.2, 0.25) is 0 Å². The first-order chi connectivity index (χ1) is 24.5. The number of methoxy groups -OCH3 is 1. The summed E-state index contributed by atoms with van der Waals surface area (Å²) < 4.78 is 43.4. The highest BCUT2D eigenvalue weighted by Gasteiger charge is 2.37. The molecule has 3 aromatic rings. The largest absolute Gasteiger partial charge is 0.497 e. The Hall–Kier alpha value is -4.16. The number of fused-ring (bicyclic) bond motifs is 5. The Balaban J connectivity index is 1.45. The molecule has 272 valence electrons. The Labute approximate surface area is 300 Å². The maximum absolute atomic E-state index is 14.1. The van der Waals surface area contributed by atoms with E-state index in [4.69, 9.17) is 14.5 Å². The number of nitrogens with one attached hydrogen (secondary N) is 1. The summed E-state index contributed by atoms with van der Waals surface area (Å²) in [5, 5.41) is 0.331. The number of carbonyl (C=O) groups excluding carboxylic acids is 2. The minimum absolute atomic E-state index is 0.0295. The molecule has 2 aromatic heterocycles. The van der Waals surface area contributed by atoms with Crippen LogP contribution >= 0.6 is 0 Å². The standard InChI is InChI=1S/C39H49N5O6S/c1-24(2)44-23-40-35(39(46)42-15-17-50-18-16-42)36(44)29-19-28-20-30(49-5)12-14-31(28)37-34(26-9-7-6-8-10-26)32-13-11-27(21-33(32)43(37)22-29)38(45)41-51(47,48)25(3)4/h11-14,19-21,23-26,28,31H,6-10,15-18,22H2,1-5H3,(H,41,45). The molecule has 2 aliphatic carbocycles. The summed E-state index contributed by atoms with van der Waals surface area (Å²) in [4.78, 5) is 34.2. The molecular weight excluding hydrogens is 667 g/mol. The number of hydrogen-bond donors (Lipinski definition) is 1. The van der Waals surface area contributed by atoms with Crippen molar-refractivity contribution in [2.24, 2.45) is 5.92 Å². The number of amides is 2. The van der Waals surface area contributed by atoms with Crippen molar-refractivity contribution in [2.75, 3.05) is 33.4 Å². The number of morpholine rings is 1. The molecule has 2 amide bonds. The van der Waals surface area contributed by atoms with Gasteiger partial charge in [0, 0.05) is 59.7 Å². The van der Waals surface area contributed by atoms with Gasteiger partial charge in [-0.25, -0.2) is 18.1 Å². The van der Waals surface area contributed by atoms with Crippen LogP contribution in [0, 0.1) is 5.92 Å². The van der Waals surface area contributed by atoms with Crippen LogP contribution in [-0.4, -0.2) is 77.9 Å². The number of carbonyl (C=O) groups is 2. The highest BCUT2D eigenvalue weighted by molar-refractivity contribution is 7.90. The van der Waals surface area contributed by atoms with Crippen LogP contribution in [0.15, 0.2) is 54.6 Å². The summed E-state index contributed by atoms with van der Waals surface area (Å²) in [7, 11) is -2.15. The zero-order chi connectivity index (χ0) is 36.0. The molecule has 1 aromatic carbocycles. The lowest BCUT2D eigenvalue weighted by molar-refractivity contribution is 0.0299. The summed E-state index contributed by atoms with van der Waals surface area (Å²) >= 11 is 0. The molecule has 12 heteroatoms. The number of allylic oxidation sites excluding steroid dienone is 5. The molecule has 1 saturated heterocycles. The van der Waals surface area contributed by atoms with Crippen molar-refractivity contribution in [2.45, 2.75) is 89.5 Å². The highest BCUT2D eigenvalue weighted by Crippen LogP contribution is 2.49. The Kier molecular flexibility index (Phi) is 9.75. The van der Waals surface area contributed by atoms with Gasteiger partial charge in [0.15, 0.2) is 5.69 Å². The average molecular weight is 716 g/mol. The quantitative estimate of drug-likeness (QED) is 0.290. The highest BCUT2D eigenvalue weighted by atomic mass is 32.2. The van der Waals surface area contributed by atoms with Gasteiger partial charge in [-0.2, -0.15) is 0 Å². The van der Waals surface area contributed by atoms with Gasteiger partial charge in [0.05, 0.1) is 37.6 Å². The maximum Gasteiger partial charge on any atom is 0.274 e. The van der Waals surface area contributed by atoms with Crippen LogP contribution < -0.4 is 4.72 Å². The second-order valence-corrected chi connectivity index (χ2v) is 17.0. The fourth-order valence-corrected chi connectivity index (χ4v) is 8.79. The van der Waals surface area contributed by atoms with E-state index < -0.39 is 21.2 Å². The van der Waals surface area contributed by atoms with Gasteiger partial charge in [0.1, 0.15) is 5.76 Å². The summed E-state index contributed by atoms with van der Waals surface area (Å²) in [6, 6.07) is 5.63. The number of aromatic nitrogens is 3. The lowest BCUT2D eigenvalue weighted by atomic mass is 9.77. The number of ether oxygens (including phenoxy) is 2. The monoisotopic (exact) mass is 715 g/mol. The van der Waals surface area contributed by atoms with Crippen LogP contribution in [0.25, 0.3) is 16.5 Å². The molecule has 1 N–H and O–H groups in total. The lowest BCUT2D eigenvalue weighted by Crippen LogP contribution is -2.41. The molecule has 2 aliphatic heterocycles. The third-order valence-electron chi connectivity index (χ3n) is 10.9. The molecule has 11 nitrogen and oxygen atoms in total. The number of hydrogen-bond acceptors (Lipinski definition) is 7. The van der Waals surface area contributed by atoms with Gasteiger partial charge in [-0.05, 0) is 81.9 Å². The van der Waals surface area contributed by atoms with Crippen LogP contribution in [0.3, 0.4) is 0 Å². The van der Waals surface area contributed by atoms with Crippen molar-refractivity contribution in [3.8, 4) is 0 Å². The van der Waals surface area contributed by atoms with E-state index in [0.29, 0.717) is 44.5 Å². The number of nitrogens with zero attached hydrogens (tertiary/aromatic N) is 4. The second kappa shape index (κ2) is 14.1. The van der Waals surface area contributed by atoms with Gasteiger partial charge in [-0.1, -0.05) is 37.5 Å². The van der Waals surface area contributed by atoms with Crippen molar-refractivity contribution in [1.82, 2.24) is 23.7 Å². The topological polar surface area (TPSA) is 125 Å². The lowest BCUT2D eigenvalue weighted by Gasteiger charge is -2.28. The number of sulfonamides is 1. The minimum Gasteiger partial charge on any atom is -0.497 e. The van der Waals surface area contributed by atoms with Gasteiger partial charge in [-0.15, -0.1) is 0 Å². The summed E-state index contributed by atoms with van der Waals surface area (Å²) in [5.74, 6) is 0.261. The smallest absolute Gasteiger partial charge is 0.274 e. The molecule has 51 heavy (non-hydrogen) atoms. The molecule has 0 radical (unpaired) electrons. The zero-order valence-electron chi connectivity index (χ0n) is 30.2. The maximum atomic E-state index is 14.1. The molecule has 0 spiro atoms. The Bertz CT molecular complexity index is 2040. The molecule has 4 aliphatic rings. The van der Waals surface area contributed by atoms with Gasteiger partial charge >= 0.3 is 0 Å². The molecule has 0 bridgehead atoms. The molecule has 2 atom stereocenters. The SMILES string of the molecule is COC1=CC2C=C(c3c(C(=O)N4CCOCC4)ncn3C(C)C)Cn3c(c(C4CCCCC4)c4ccc(C(=O)NS(=O)(=O)C(C)C)cc43)C2C=C1. The fraction of sp³-hybridized carbons (Fsp3) is 0.513. The predicted octanol–water partition coefficient (Wildman–Crippen LogP) is 6.30. The molecule has 4 heterocycles. The molecule has 2 fully saturated rings. The number of benzene rings is 1. The normalized spacial score (nSPS) is 21.3. The molecule has 7 rings (SSSR count). The van der Waals surface area contributed by atoms with Crippen LogP contribution in [-0.2, 0) is 26.0 Å². The third-order valence-corrected chi connectivity index (χ3v) is 12.7. The van der Waals surface area contributed by atoms with Crippen LogP contribution in [0.4, 0.5) is 0 Å². The Morgan fingerprint density at radius 3 is 2.47 bits per heavy atom. The zero-order valence-corrected chi connectivity index (χ0v) is 31.0. The van der Waals surface area contributed by atoms with Crippen molar-refractivity contribution in [3.05, 3.63) is 82.8 Å². The van der Waals surface area contributed by atoms with E-state index >= 15 is 0 Å². The van der Waals surface area contributed by atoms with E-state index in [0.717, 1.165) is 53.6 Å². The number of imidazole rings is 1. The van der Waals surface area contributed by atoms with E-state index in [9.17, 15) is 18.0 Å². The third kappa shape index (κ3) is 6.57. The fourth-order valence-electron chi connectivity index (χ4n) is 8.18. The van der Waals surface area contributed by atoms with Crippen molar-refractivity contribution in [1.29, 1.82) is 0 Å². The van der Waals surface area contributed by atoms with E-state index in [2.05, 4.69) is 45.9 Å². The van der Waals surface area contributed by atoms with Gasteiger partial charge in [0.25, 0.3) is 11.8 Å². The second-order valence-electron chi connectivity index (χ2n) is 14.8. The molecule has 1 saturated carbocycles. The first kappa shape index (κ1) is 35.3. The van der Waals surface area contributed by atoms with Crippen molar-refractivity contribution >= 4 is 38.3 Å². The van der Waals surface area contributed by atoms with Crippen molar-refractivity contribution < 1.29 is 27.5 Å². The van der Waals surface area contributed by atoms with E-state index in [-0.39, 0.29) is 29.3 Å². The van der Waals surface area contributed by atoms with E-state index in [1.54, 1.807) is 33.4 Å². The predicted molar refractivity (Wildman–Crippen MR) is 197 cm³/mol. The number of rotatable bonds is 8. The minimum atomic E-state index is -3.83. The summed E-state index contributed by atoms with van der Waals surface area (Å²) in [5.41, 5.74) is 5.81. The van der Waals surface area contributed by atoms with Crippen molar-refractivity contribution in [3.63, 3.8) is 0 Å². The molecular formula is C39H49N5O6S. The molecule has 2 unspecified atom stereocenters. The van der Waals surface area contributed by atoms with Crippen LogP contribution in [0.5, 0.6) is 0 Å². The van der Waals surface area contributed by atoms with Gasteiger partial charge in [-0.3, -0.25) is 9.59 Å². The van der Waals surface area contributed by atoms with E-state index in [1.165, 1.54) is 17.7 Å². The Morgan fingerprint density at radius 2 is 1.78 bits per heavy atom. The summed E-state index contributed by atoms with van der Waals surface area (Å²) in [6.45, 7) is 9.72. The summed E-state index contributed by atoms with van der Waals surface area (Å²) in [6.07, 6.45) is 16.2. The average Bonchev–Trinajstić information content (AvgIpc) is 3.66. The first-order valence-corrected chi connectivity index (χ1v) is 19.8. The van der Waals surface area contributed by atoms with Crippen LogP contribution in [0.1, 0.15) is 115 Å². The van der Waals surface area contributed by atoms with E-state index in [1.807, 2.05) is 23.1 Å².